The number of carbonyl (C=O) groups excluding carboxylic acids is 1. The van der Waals surface area contributed by atoms with Gasteiger partial charge in [0, 0.05) is 18.2 Å². The van der Waals surface area contributed by atoms with Crippen LogP contribution in [0.2, 0.25) is 0 Å². The van der Waals surface area contributed by atoms with Crippen molar-refractivity contribution < 1.29 is 9.53 Å². The Labute approximate surface area is 190 Å². The molecular weight excluding hydrogens is 404 g/mol. The maximum absolute atomic E-state index is 12.8. The van der Waals surface area contributed by atoms with Gasteiger partial charge >= 0.3 is 5.97 Å². The molecule has 174 valence electrons. The summed E-state index contributed by atoms with van der Waals surface area (Å²) < 4.78 is 5.07. The Morgan fingerprint density at radius 1 is 1.22 bits per heavy atom. The number of nitrogens with one attached hydrogen (secondary N) is 3. The van der Waals surface area contributed by atoms with E-state index in [2.05, 4.69) is 29.1 Å². The molecule has 1 heterocycles. The summed E-state index contributed by atoms with van der Waals surface area (Å²) in [5.41, 5.74) is 1.44. The molecule has 7 nitrogen and oxygen atoms in total. The van der Waals surface area contributed by atoms with Gasteiger partial charge in [-0.3, -0.25) is 4.79 Å². The monoisotopic (exact) mass is 440 g/mol. The summed E-state index contributed by atoms with van der Waals surface area (Å²) in [6.07, 6.45) is 7.00. The van der Waals surface area contributed by atoms with Gasteiger partial charge in [-0.1, -0.05) is 51.7 Å². The Morgan fingerprint density at radius 2 is 2.00 bits per heavy atom. The van der Waals surface area contributed by atoms with Crippen LogP contribution in [0.3, 0.4) is 0 Å². The third kappa shape index (κ3) is 7.32. The number of hydrogen-bond donors (Lipinski definition) is 3. The number of aromatic amines is 1. The fourth-order valence-electron chi connectivity index (χ4n) is 3.66. The molecule has 1 aromatic carbocycles. The first-order valence-corrected chi connectivity index (χ1v) is 11.6. The minimum Gasteiger partial charge on any atom is -0.462 e. The van der Waals surface area contributed by atoms with Crippen molar-refractivity contribution in [2.45, 2.75) is 78.7 Å². The van der Waals surface area contributed by atoms with Crippen LogP contribution in [0, 0.1) is 5.41 Å². The summed E-state index contributed by atoms with van der Waals surface area (Å²) in [7, 11) is 0. The number of unbranched alkanes of at least 4 members (excludes halogenated alkanes) is 3. The maximum atomic E-state index is 12.8. The average Bonchev–Trinajstić information content (AvgIpc) is 2.75. The van der Waals surface area contributed by atoms with Crippen LogP contribution in [0.4, 0.5) is 5.82 Å². The molecule has 0 aliphatic carbocycles. The first kappa shape index (κ1) is 25.3. The smallest absolute Gasteiger partial charge is 0.338 e. The van der Waals surface area contributed by atoms with E-state index < -0.39 is 0 Å². The lowest BCUT2D eigenvalue weighted by Crippen LogP contribution is -2.27. The highest BCUT2D eigenvalue weighted by atomic mass is 16.5. The highest BCUT2D eigenvalue weighted by molar-refractivity contribution is 6.00. The third-order valence-electron chi connectivity index (χ3n) is 5.39. The quantitative estimate of drug-likeness (QED) is 0.228. The number of hydrogen-bond acceptors (Lipinski definition) is 6. The number of nitrogens with zero attached hydrogens (tertiary/aromatic N) is 1. The van der Waals surface area contributed by atoms with E-state index in [0.29, 0.717) is 30.2 Å². The van der Waals surface area contributed by atoms with Crippen molar-refractivity contribution in [3.63, 3.8) is 0 Å². The SMILES string of the molecule is CCCCCCC(CC)Nc1nc(Cc2cccc(C(=O)OCC)c2)[nH]c(=O)c1C(C)=N. The molecule has 2 rings (SSSR count). The molecule has 0 saturated carbocycles. The predicted octanol–water partition coefficient (Wildman–Crippen LogP) is 5.09. The Bertz CT molecular complexity index is 968. The lowest BCUT2D eigenvalue weighted by molar-refractivity contribution is 0.0526. The van der Waals surface area contributed by atoms with Crippen molar-refractivity contribution in [3.05, 3.63) is 57.1 Å². The molecule has 0 bridgehead atoms. The largest absolute Gasteiger partial charge is 0.462 e. The molecule has 1 aromatic heterocycles. The molecule has 0 aliphatic rings. The Kier molecular flexibility index (Phi) is 10.1. The molecule has 0 amide bonds. The van der Waals surface area contributed by atoms with E-state index in [-0.39, 0.29) is 28.8 Å². The van der Waals surface area contributed by atoms with Crippen LogP contribution in [0.1, 0.15) is 93.5 Å². The van der Waals surface area contributed by atoms with E-state index in [0.717, 1.165) is 24.8 Å². The normalized spacial score (nSPS) is 11.8. The number of rotatable bonds is 13. The van der Waals surface area contributed by atoms with Crippen LogP contribution in [0.15, 0.2) is 29.1 Å². The van der Waals surface area contributed by atoms with Crippen LogP contribution in [-0.2, 0) is 11.2 Å². The van der Waals surface area contributed by atoms with E-state index in [1.165, 1.54) is 19.3 Å². The van der Waals surface area contributed by atoms with Crippen molar-refractivity contribution in [1.29, 1.82) is 5.41 Å². The summed E-state index contributed by atoms with van der Waals surface area (Å²) in [6.45, 7) is 7.99. The standard InChI is InChI=1S/C25H36N4O3/c1-5-8-9-10-14-20(6-2)27-23-22(17(4)26)24(30)29-21(28-23)16-18-12-11-13-19(15-18)25(31)32-7-3/h11-13,15,20,26H,5-10,14,16H2,1-4H3,(H2,27,28,29,30). The van der Waals surface area contributed by atoms with Crippen molar-refractivity contribution in [2.24, 2.45) is 0 Å². The second-order valence-corrected chi connectivity index (χ2v) is 8.06. The molecule has 1 unspecified atom stereocenters. The van der Waals surface area contributed by atoms with E-state index in [1.54, 1.807) is 32.0 Å². The van der Waals surface area contributed by atoms with Gasteiger partial charge in [-0.15, -0.1) is 0 Å². The average molecular weight is 441 g/mol. The molecule has 0 radical (unpaired) electrons. The Hall–Kier alpha value is -2.96. The topological polar surface area (TPSA) is 108 Å². The molecular formula is C25H36N4O3. The van der Waals surface area contributed by atoms with Gasteiger partial charge in [0.25, 0.3) is 5.56 Å². The fraction of sp³-hybridized carbons (Fsp3) is 0.520. The van der Waals surface area contributed by atoms with E-state index in [4.69, 9.17) is 10.1 Å². The molecule has 32 heavy (non-hydrogen) atoms. The number of benzene rings is 1. The Morgan fingerprint density at radius 3 is 2.66 bits per heavy atom. The highest BCUT2D eigenvalue weighted by Gasteiger charge is 2.17. The highest BCUT2D eigenvalue weighted by Crippen LogP contribution is 2.17. The number of anilines is 1. The van der Waals surface area contributed by atoms with E-state index in [1.807, 2.05) is 6.07 Å². The zero-order chi connectivity index (χ0) is 23.5. The summed E-state index contributed by atoms with van der Waals surface area (Å²) in [4.78, 5) is 32.3. The number of aromatic nitrogens is 2. The molecule has 7 heteroatoms. The van der Waals surface area contributed by atoms with Gasteiger partial charge in [-0.05, 0) is 44.4 Å². The van der Waals surface area contributed by atoms with Crippen LogP contribution < -0.4 is 10.9 Å². The summed E-state index contributed by atoms with van der Waals surface area (Å²) in [5.74, 6) is 0.575. The van der Waals surface area contributed by atoms with Gasteiger partial charge in [0.05, 0.1) is 12.2 Å². The molecule has 0 fully saturated rings. The van der Waals surface area contributed by atoms with Crippen LogP contribution >= 0.6 is 0 Å². The van der Waals surface area contributed by atoms with Crippen molar-refractivity contribution in [3.8, 4) is 0 Å². The summed E-state index contributed by atoms with van der Waals surface area (Å²) >= 11 is 0. The molecule has 0 saturated heterocycles. The zero-order valence-corrected chi connectivity index (χ0v) is 19.7. The number of H-pyrrole nitrogens is 1. The molecule has 2 aromatic rings. The first-order valence-electron chi connectivity index (χ1n) is 11.6. The number of carbonyl (C=O) groups is 1. The van der Waals surface area contributed by atoms with Crippen molar-refractivity contribution in [2.75, 3.05) is 11.9 Å². The maximum Gasteiger partial charge on any atom is 0.338 e. The number of ether oxygens (including phenoxy) is 1. The van der Waals surface area contributed by atoms with Crippen LogP contribution in [0.25, 0.3) is 0 Å². The molecule has 1 atom stereocenters. The molecule has 3 N–H and O–H groups in total. The van der Waals surface area contributed by atoms with Gasteiger partial charge in [-0.25, -0.2) is 9.78 Å². The van der Waals surface area contributed by atoms with Gasteiger partial charge in [-0.2, -0.15) is 0 Å². The second-order valence-electron chi connectivity index (χ2n) is 8.06. The zero-order valence-electron chi connectivity index (χ0n) is 19.7. The summed E-state index contributed by atoms with van der Waals surface area (Å²) in [5, 5.41) is 11.5. The second kappa shape index (κ2) is 12.8. The van der Waals surface area contributed by atoms with Gasteiger partial charge in [0.2, 0.25) is 0 Å². The summed E-state index contributed by atoms with van der Waals surface area (Å²) in [6, 6.07) is 7.33. The fourth-order valence-corrected chi connectivity index (χ4v) is 3.66. The van der Waals surface area contributed by atoms with Crippen molar-refractivity contribution >= 4 is 17.5 Å². The van der Waals surface area contributed by atoms with Gasteiger partial charge in [0.1, 0.15) is 17.2 Å². The van der Waals surface area contributed by atoms with E-state index >= 15 is 0 Å². The minimum atomic E-state index is -0.373. The lowest BCUT2D eigenvalue weighted by Gasteiger charge is -2.20. The number of esters is 1. The minimum absolute atomic E-state index is 0.179. The van der Waals surface area contributed by atoms with Crippen molar-refractivity contribution in [1.82, 2.24) is 9.97 Å². The van der Waals surface area contributed by atoms with Crippen LogP contribution in [0.5, 0.6) is 0 Å². The molecule has 0 spiro atoms. The van der Waals surface area contributed by atoms with Gasteiger partial charge in [0.15, 0.2) is 0 Å². The lowest BCUT2D eigenvalue weighted by atomic mass is 10.0. The first-order chi connectivity index (χ1) is 15.4. The van der Waals surface area contributed by atoms with E-state index in [9.17, 15) is 9.59 Å². The van der Waals surface area contributed by atoms with Gasteiger partial charge < -0.3 is 20.4 Å². The molecule has 0 aliphatic heterocycles. The van der Waals surface area contributed by atoms with Crippen LogP contribution in [-0.4, -0.2) is 34.3 Å². The Balaban J connectivity index is 2.27. The third-order valence-corrected chi connectivity index (χ3v) is 5.39. The predicted molar refractivity (Wildman–Crippen MR) is 129 cm³/mol.